The molecule has 104 valence electrons. The molecule has 3 nitrogen and oxygen atoms in total. The lowest BCUT2D eigenvalue weighted by Gasteiger charge is -2.22. The van der Waals surface area contributed by atoms with E-state index in [1.165, 1.54) is 11.1 Å². The van der Waals surface area contributed by atoms with Crippen LogP contribution in [0.2, 0.25) is 0 Å². The van der Waals surface area contributed by atoms with E-state index in [0.717, 1.165) is 19.6 Å². The van der Waals surface area contributed by atoms with E-state index in [9.17, 15) is 0 Å². The normalized spacial score (nSPS) is 10.7. The zero-order valence-electron chi connectivity index (χ0n) is 11.6. The van der Waals surface area contributed by atoms with Crippen molar-refractivity contribution in [1.29, 1.82) is 5.41 Å². The van der Waals surface area contributed by atoms with Crippen LogP contribution in [0.1, 0.15) is 17.5 Å². The number of hydrogen-bond donors (Lipinski definition) is 2. The molecule has 0 atom stereocenters. The summed E-state index contributed by atoms with van der Waals surface area (Å²) < 4.78 is 0. The molecule has 0 unspecified atom stereocenters. The van der Waals surface area contributed by atoms with Crippen LogP contribution in [-0.2, 0) is 13.1 Å². The van der Waals surface area contributed by atoms with Crippen molar-refractivity contribution >= 4 is 5.84 Å². The van der Waals surface area contributed by atoms with Gasteiger partial charge in [0, 0.05) is 26.1 Å². The highest BCUT2D eigenvalue weighted by molar-refractivity contribution is 5.76. The van der Waals surface area contributed by atoms with Crippen LogP contribution < -0.4 is 5.73 Å². The second kappa shape index (κ2) is 7.46. The van der Waals surface area contributed by atoms with Crippen molar-refractivity contribution in [2.45, 2.75) is 19.5 Å². The van der Waals surface area contributed by atoms with E-state index < -0.39 is 0 Å². The van der Waals surface area contributed by atoms with E-state index in [-0.39, 0.29) is 5.84 Å². The molecule has 0 aliphatic heterocycles. The maximum atomic E-state index is 7.40. The highest BCUT2D eigenvalue weighted by Gasteiger charge is 2.07. The summed E-state index contributed by atoms with van der Waals surface area (Å²) in [4.78, 5) is 2.33. The van der Waals surface area contributed by atoms with Crippen molar-refractivity contribution in [1.82, 2.24) is 4.90 Å². The fourth-order valence-corrected chi connectivity index (χ4v) is 2.18. The van der Waals surface area contributed by atoms with Gasteiger partial charge in [0.2, 0.25) is 0 Å². The molecule has 2 rings (SSSR count). The minimum atomic E-state index is 0.246. The van der Waals surface area contributed by atoms with Gasteiger partial charge in [0.25, 0.3) is 0 Å². The average Bonchev–Trinajstić information content (AvgIpc) is 2.47. The summed E-state index contributed by atoms with van der Waals surface area (Å²) in [5, 5.41) is 7.40. The Morgan fingerprint density at radius 3 is 1.70 bits per heavy atom. The summed E-state index contributed by atoms with van der Waals surface area (Å²) in [6.07, 6.45) is 0.611. The molecule has 0 amide bonds. The third-order valence-electron chi connectivity index (χ3n) is 3.20. The van der Waals surface area contributed by atoms with Gasteiger partial charge >= 0.3 is 0 Å². The minimum Gasteiger partial charge on any atom is -0.388 e. The lowest BCUT2D eigenvalue weighted by atomic mass is 10.1. The van der Waals surface area contributed by atoms with Gasteiger partial charge in [-0.05, 0) is 11.1 Å². The van der Waals surface area contributed by atoms with Crippen LogP contribution >= 0.6 is 0 Å². The first-order valence-corrected chi connectivity index (χ1v) is 6.87. The van der Waals surface area contributed by atoms with Crippen LogP contribution in [0.15, 0.2) is 60.7 Å². The fourth-order valence-electron chi connectivity index (χ4n) is 2.18. The molecule has 2 aromatic carbocycles. The zero-order valence-corrected chi connectivity index (χ0v) is 11.6. The van der Waals surface area contributed by atoms with Crippen molar-refractivity contribution in [3.63, 3.8) is 0 Å². The van der Waals surface area contributed by atoms with Crippen LogP contribution in [-0.4, -0.2) is 17.3 Å². The van der Waals surface area contributed by atoms with E-state index in [4.69, 9.17) is 11.1 Å². The summed E-state index contributed by atoms with van der Waals surface area (Å²) in [7, 11) is 0. The molecular formula is C17H21N3. The molecule has 0 saturated heterocycles. The first-order valence-electron chi connectivity index (χ1n) is 6.87. The van der Waals surface area contributed by atoms with Gasteiger partial charge in [-0.15, -0.1) is 0 Å². The third kappa shape index (κ3) is 4.86. The van der Waals surface area contributed by atoms with Gasteiger partial charge in [0.1, 0.15) is 0 Å². The van der Waals surface area contributed by atoms with Gasteiger partial charge in [-0.25, -0.2) is 0 Å². The summed E-state index contributed by atoms with van der Waals surface area (Å²) in [6, 6.07) is 20.8. The molecule has 0 heterocycles. The predicted octanol–water partition coefficient (Wildman–Crippen LogP) is 3.01. The number of nitrogens with zero attached hydrogens (tertiary/aromatic N) is 1. The van der Waals surface area contributed by atoms with Crippen molar-refractivity contribution in [2.75, 3.05) is 6.54 Å². The number of nitrogens with one attached hydrogen (secondary N) is 1. The Hall–Kier alpha value is -2.13. The average molecular weight is 267 g/mol. The summed E-state index contributed by atoms with van der Waals surface area (Å²) in [5.41, 5.74) is 8.05. The summed E-state index contributed by atoms with van der Waals surface area (Å²) >= 11 is 0. The van der Waals surface area contributed by atoms with E-state index in [1.54, 1.807) is 0 Å². The maximum absolute atomic E-state index is 7.40. The Labute approximate surface area is 120 Å². The fraction of sp³-hybridized carbons (Fsp3) is 0.235. The molecule has 0 aromatic heterocycles. The Morgan fingerprint density at radius 1 is 0.850 bits per heavy atom. The van der Waals surface area contributed by atoms with Crippen molar-refractivity contribution in [2.24, 2.45) is 5.73 Å². The van der Waals surface area contributed by atoms with E-state index in [2.05, 4.69) is 53.4 Å². The van der Waals surface area contributed by atoms with Crippen LogP contribution in [0, 0.1) is 5.41 Å². The van der Waals surface area contributed by atoms with Gasteiger partial charge in [0.05, 0.1) is 5.84 Å². The second-order valence-corrected chi connectivity index (χ2v) is 4.96. The third-order valence-corrected chi connectivity index (χ3v) is 3.20. The van der Waals surface area contributed by atoms with E-state index in [1.807, 2.05) is 12.1 Å². The first kappa shape index (κ1) is 14.3. The molecule has 0 aliphatic rings. The molecule has 3 N–H and O–H groups in total. The molecule has 3 heteroatoms. The molecule has 0 spiro atoms. The molecule has 20 heavy (non-hydrogen) atoms. The van der Waals surface area contributed by atoms with Gasteiger partial charge in [-0.3, -0.25) is 10.3 Å². The van der Waals surface area contributed by atoms with Crippen LogP contribution in [0.5, 0.6) is 0 Å². The lowest BCUT2D eigenvalue weighted by Crippen LogP contribution is -2.27. The summed E-state index contributed by atoms with van der Waals surface area (Å²) in [6.45, 7) is 2.56. The van der Waals surface area contributed by atoms with Gasteiger partial charge in [0.15, 0.2) is 0 Å². The highest BCUT2D eigenvalue weighted by atomic mass is 15.1. The molecule has 0 fully saturated rings. The number of benzene rings is 2. The first-order chi connectivity index (χ1) is 9.74. The Kier molecular flexibility index (Phi) is 5.33. The number of amidine groups is 1. The largest absolute Gasteiger partial charge is 0.388 e. The Bertz CT molecular complexity index is 481. The summed E-state index contributed by atoms with van der Waals surface area (Å²) in [5.74, 6) is 0.246. The van der Waals surface area contributed by atoms with Crippen LogP contribution in [0.3, 0.4) is 0 Å². The number of nitrogens with two attached hydrogens (primary N) is 1. The topological polar surface area (TPSA) is 53.1 Å². The van der Waals surface area contributed by atoms with Crippen molar-refractivity contribution in [3.05, 3.63) is 71.8 Å². The minimum absolute atomic E-state index is 0.246. The molecule has 0 radical (unpaired) electrons. The van der Waals surface area contributed by atoms with E-state index in [0.29, 0.717) is 6.42 Å². The Balaban J connectivity index is 2.02. The van der Waals surface area contributed by atoms with Crippen molar-refractivity contribution in [3.8, 4) is 0 Å². The van der Waals surface area contributed by atoms with Gasteiger partial charge in [-0.1, -0.05) is 60.7 Å². The molecular weight excluding hydrogens is 246 g/mol. The second-order valence-electron chi connectivity index (χ2n) is 4.96. The zero-order chi connectivity index (χ0) is 14.2. The molecule has 0 bridgehead atoms. The predicted molar refractivity (Wildman–Crippen MR) is 83.5 cm³/mol. The van der Waals surface area contributed by atoms with Gasteiger partial charge < -0.3 is 5.73 Å². The molecule has 0 aliphatic carbocycles. The molecule has 0 saturated carbocycles. The van der Waals surface area contributed by atoms with Gasteiger partial charge in [-0.2, -0.15) is 0 Å². The SMILES string of the molecule is N=C(N)CCN(Cc1ccccc1)Cc1ccccc1. The maximum Gasteiger partial charge on any atom is 0.0918 e. The standard InChI is InChI=1S/C17H21N3/c18-17(19)11-12-20(13-15-7-3-1-4-8-15)14-16-9-5-2-6-10-16/h1-10H,11-14H2,(H3,18,19). The van der Waals surface area contributed by atoms with Crippen LogP contribution in [0.4, 0.5) is 0 Å². The molecule has 2 aromatic rings. The Morgan fingerprint density at radius 2 is 1.30 bits per heavy atom. The number of hydrogen-bond acceptors (Lipinski definition) is 2. The van der Waals surface area contributed by atoms with Crippen LogP contribution in [0.25, 0.3) is 0 Å². The quantitative estimate of drug-likeness (QED) is 0.598. The monoisotopic (exact) mass is 267 g/mol. The number of rotatable bonds is 7. The smallest absolute Gasteiger partial charge is 0.0918 e. The highest BCUT2D eigenvalue weighted by Crippen LogP contribution is 2.10. The lowest BCUT2D eigenvalue weighted by molar-refractivity contribution is 0.264. The van der Waals surface area contributed by atoms with E-state index >= 15 is 0 Å². The van der Waals surface area contributed by atoms with Crippen molar-refractivity contribution < 1.29 is 0 Å².